The largest absolute Gasteiger partial charge is 0.346 e. The molecule has 6 heteroatoms. The number of nitrogens with one attached hydrogen (secondary N) is 3. The Morgan fingerprint density at radius 3 is 2.44 bits per heavy atom. The van der Waals surface area contributed by atoms with Gasteiger partial charge in [-0.25, -0.2) is 9.97 Å². The lowest BCUT2D eigenvalue weighted by atomic mass is 9.57. The predicted octanol–water partition coefficient (Wildman–Crippen LogP) is 5.00. The maximum absolute atomic E-state index is 4.54. The molecule has 4 aromatic heterocycles. The molecule has 2 unspecified atom stereocenters. The first-order chi connectivity index (χ1) is 17.6. The second-order valence-electron chi connectivity index (χ2n) is 11.7. The molecule has 6 nitrogen and oxygen atoms in total. The minimum Gasteiger partial charge on any atom is -0.346 e. The lowest BCUT2D eigenvalue weighted by molar-refractivity contribution is 0.0474. The molecular formula is C30H32N6. The van der Waals surface area contributed by atoms with Crippen molar-refractivity contribution in [3.63, 3.8) is 0 Å². The molecule has 3 N–H and O–H groups in total. The Balaban J connectivity index is 1.07. The highest BCUT2D eigenvalue weighted by molar-refractivity contribution is 5.94. The Labute approximate surface area is 210 Å². The van der Waals surface area contributed by atoms with Gasteiger partial charge in [0.25, 0.3) is 0 Å². The average molecular weight is 477 g/mol. The van der Waals surface area contributed by atoms with Crippen molar-refractivity contribution in [2.24, 2.45) is 17.3 Å². The number of hydrogen-bond donors (Lipinski definition) is 3. The quantitative estimate of drug-likeness (QED) is 0.389. The third-order valence-electron chi connectivity index (χ3n) is 9.38. The van der Waals surface area contributed by atoms with Gasteiger partial charge in [-0.1, -0.05) is 12.2 Å². The zero-order valence-electron chi connectivity index (χ0n) is 20.7. The molecule has 4 aliphatic rings. The van der Waals surface area contributed by atoms with Crippen molar-refractivity contribution < 1.29 is 0 Å². The van der Waals surface area contributed by atoms with E-state index in [0.717, 1.165) is 49.2 Å². The van der Waals surface area contributed by atoms with Crippen LogP contribution in [0.4, 0.5) is 0 Å². The van der Waals surface area contributed by atoms with Crippen molar-refractivity contribution in [2.75, 3.05) is 26.7 Å². The van der Waals surface area contributed by atoms with Crippen LogP contribution in [0.2, 0.25) is 0 Å². The molecule has 2 aliphatic carbocycles. The summed E-state index contributed by atoms with van der Waals surface area (Å²) in [7, 11) is 2.28. The van der Waals surface area contributed by atoms with E-state index in [0.29, 0.717) is 5.41 Å². The van der Waals surface area contributed by atoms with E-state index in [1.165, 1.54) is 52.3 Å². The van der Waals surface area contributed by atoms with Gasteiger partial charge in [0.1, 0.15) is 11.3 Å². The number of pyridine rings is 2. The minimum absolute atomic E-state index is 0.144. The van der Waals surface area contributed by atoms with Crippen LogP contribution in [-0.4, -0.2) is 57.1 Å². The van der Waals surface area contributed by atoms with E-state index in [1.54, 1.807) is 0 Å². The van der Waals surface area contributed by atoms with E-state index in [9.17, 15) is 0 Å². The first-order valence-electron chi connectivity index (χ1n) is 13.4. The summed E-state index contributed by atoms with van der Waals surface area (Å²) < 4.78 is 0. The number of nitrogens with zero attached hydrogens (tertiary/aromatic N) is 3. The van der Waals surface area contributed by atoms with Crippen LogP contribution in [0, 0.1) is 17.3 Å². The van der Waals surface area contributed by atoms with Gasteiger partial charge in [0.2, 0.25) is 0 Å². The van der Waals surface area contributed by atoms with E-state index in [2.05, 4.69) is 79.9 Å². The Morgan fingerprint density at radius 2 is 1.67 bits per heavy atom. The second kappa shape index (κ2) is 7.40. The van der Waals surface area contributed by atoms with E-state index in [-0.39, 0.29) is 5.54 Å². The lowest BCUT2D eigenvalue weighted by Crippen LogP contribution is -2.50. The Kier molecular flexibility index (Phi) is 4.30. The third-order valence-corrected chi connectivity index (χ3v) is 9.38. The summed E-state index contributed by atoms with van der Waals surface area (Å²) in [6.07, 6.45) is 18.1. The molecular weight excluding hydrogens is 444 g/mol. The maximum Gasteiger partial charge on any atom is 0.137 e. The van der Waals surface area contributed by atoms with Crippen molar-refractivity contribution >= 4 is 33.2 Å². The zero-order valence-corrected chi connectivity index (χ0v) is 20.7. The molecule has 2 spiro atoms. The minimum atomic E-state index is 0.144. The highest BCUT2D eigenvalue weighted by atomic mass is 15.1. The van der Waals surface area contributed by atoms with Gasteiger partial charge in [0.05, 0.1) is 0 Å². The number of fused-ring (bicyclic) bond motifs is 2. The number of likely N-dealkylation sites (N-methyl/N-ethyl adjacent to an activating group) is 1. The summed E-state index contributed by atoms with van der Waals surface area (Å²) in [6.45, 7) is 3.25. The fourth-order valence-electron chi connectivity index (χ4n) is 7.93. The summed E-state index contributed by atoms with van der Waals surface area (Å²) in [5, 5.41) is 6.47. The summed E-state index contributed by atoms with van der Waals surface area (Å²) in [5.74, 6) is 1.49. The van der Waals surface area contributed by atoms with E-state index < -0.39 is 0 Å². The number of aromatic amines is 2. The van der Waals surface area contributed by atoms with Gasteiger partial charge >= 0.3 is 0 Å². The first kappa shape index (κ1) is 20.9. The van der Waals surface area contributed by atoms with Crippen LogP contribution in [0.3, 0.4) is 0 Å². The predicted molar refractivity (Wildman–Crippen MR) is 144 cm³/mol. The number of aromatic nitrogens is 4. The van der Waals surface area contributed by atoms with Gasteiger partial charge in [-0.15, -0.1) is 0 Å². The maximum atomic E-state index is 4.54. The molecule has 36 heavy (non-hydrogen) atoms. The number of hydrogen-bond acceptors (Lipinski definition) is 4. The Morgan fingerprint density at radius 1 is 0.944 bits per heavy atom. The monoisotopic (exact) mass is 476 g/mol. The van der Waals surface area contributed by atoms with Gasteiger partial charge in [-0.3, -0.25) is 0 Å². The average Bonchev–Trinajstić information content (AvgIpc) is 3.22. The van der Waals surface area contributed by atoms with Crippen LogP contribution in [0.15, 0.2) is 61.2 Å². The van der Waals surface area contributed by atoms with Crippen LogP contribution in [0.1, 0.15) is 36.8 Å². The molecule has 0 aromatic carbocycles. The van der Waals surface area contributed by atoms with E-state index >= 15 is 0 Å². The molecule has 2 aliphatic heterocycles. The normalized spacial score (nSPS) is 32.1. The zero-order chi connectivity index (χ0) is 23.9. The summed E-state index contributed by atoms with van der Waals surface area (Å²) in [4.78, 5) is 18.4. The lowest BCUT2D eigenvalue weighted by Gasteiger charge is -2.52. The highest BCUT2D eigenvalue weighted by Gasteiger charge is 2.64. The standard InChI is InChI=1S/C30H32N6/c1-36-17-20(23-15-33-27-21(23)5-2-8-31-27)13-29(18-36)11-19(12-29)26-14-30(26)25(7-4-10-35-30)24-16-34-28-22(24)6-3-9-32-28/h2-3,5-9,13,15-16,19,26,35H,4,10-12,14,17-18H2,1H3,(H,31,33)(H,32,34). The van der Waals surface area contributed by atoms with E-state index in [4.69, 9.17) is 0 Å². The molecule has 0 saturated heterocycles. The summed E-state index contributed by atoms with van der Waals surface area (Å²) >= 11 is 0. The van der Waals surface area contributed by atoms with Gasteiger partial charge < -0.3 is 20.2 Å². The van der Waals surface area contributed by atoms with Gasteiger partial charge in [-0.2, -0.15) is 0 Å². The first-order valence-corrected chi connectivity index (χ1v) is 13.4. The molecule has 2 saturated carbocycles. The van der Waals surface area contributed by atoms with Crippen LogP contribution < -0.4 is 5.32 Å². The SMILES string of the molecule is CN1CC(c2c[nH]c3ncccc23)=CC2(CC(C3CC34NCCC=C4c3c[nH]c4ncccc34)C2)C1. The van der Waals surface area contributed by atoms with Gasteiger partial charge in [0.15, 0.2) is 0 Å². The fourth-order valence-corrected chi connectivity index (χ4v) is 7.93. The van der Waals surface area contributed by atoms with Crippen molar-refractivity contribution in [3.05, 3.63) is 72.3 Å². The van der Waals surface area contributed by atoms with Crippen LogP contribution in [0.5, 0.6) is 0 Å². The smallest absolute Gasteiger partial charge is 0.137 e. The summed E-state index contributed by atoms with van der Waals surface area (Å²) in [6, 6.07) is 8.49. The molecule has 2 fully saturated rings. The fraction of sp³-hybridized carbons (Fsp3) is 0.400. The van der Waals surface area contributed by atoms with Crippen LogP contribution in [0.25, 0.3) is 33.2 Å². The molecule has 0 amide bonds. The van der Waals surface area contributed by atoms with E-state index in [1.807, 2.05) is 18.5 Å². The third kappa shape index (κ3) is 2.98. The molecule has 182 valence electrons. The number of rotatable bonds is 3. The molecule has 4 aromatic rings. The van der Waals surface area contributed by atoms with Gasteiger partial charge in [0, 0.05) is 70.7 Å². The molecule has 0 bridgehead atoms. The Hall–Kier alpha value is -3.22. The Bertz CT molecular complexity index is 1550. The molecule has 8 rings (SSSR count). The van der Waals surface area contributed by atoms with Crippen molar-refractivity contribution in [2.45, 2.75) is 31.2 Å². The topological polar surface area (TPSA) is 72.6 Å². The highest BCUT2D eigenvalue weighted by Crippen LogP contribution is 2.65. The van der Waals surface area contributed by atoms with Crippen molar-refractivity contribution in [3.8, 4) is 0 Å². The van der Waals surface area contributed by atoms with Crippen molar-refractivity contribution in [1.29, 1.82) is 0 Å². The van der Waals surface area contributed by atoms with Crippen LogP contribution >= 0.6 is 0 Å². The number of H-pyrrole nitrogens is 2. The molecule has 0 radical (unpaired) electrons. The van der Waals surface area contributed by atoms with Gasteiger partial charge in [-0.05, 0) is 86.5 Å². The van der Waals surface area contributed by atoms with Crippen molar-refractivity contribution in [1.82, 2.24) is 30.2 Å². The van der Waals surface area contributed by atoms with Crippen LogP contribution in [-0.2, 0) is 0 Å². The summed E-state index contributed by atoms with van der Waals surface area (Å²) in [5.41, 5.74) is 8.03. The molecule has 6 heterocycles. The second-order valence-corrected chi connectivity index (χ2v) is 11.7. The molecule has 2 atom stereocenters.